The van der Waals surface area contributed by atoms with Crippen molar-refractivity contribution < 1.29 is 36.6 Å². The summed E-state index contributed by atoms with van der Waals surface area (Å²) >= 11 is 0. The number of aromatic hydroxyl groups is 2. The van der Waals surface area contributed by atoms with Crippen molar-refractivity contribution in [2.45, 2.75) is 203 Å². The van der Waals surface area contributed by atoms with Crippen LogP contribution >= 0.6 is 0 Å². The number of nitrogens with one attached hydrogen (secondary N) is 3. The minimum atomic E-state index is -4.26. The highest BCUT2D eigenvalue weighted by Gasteiger charge is 2.36. The van der Waals surface area contributed by atoms with Crippen LogP contribution in [0.15, 0.2) is 158 Å². The van der Waals surface area contributed by atoms with Gasteiger partial charge in [-0.3, -0.25) is 15.3 Å². The zero-order valence-electron chi connectivity index (χ0n) is 59.5. The van der Waals surface area contributed by atoms with Gasteiger partial charge in [-0.25, -0.2) is 13.2 Å². The van der Waals surface area contributed by atoms with E-state index in [-0.39, 0.29) is 55.7 Å². The van der Waals surface area contributed by atoms with Crippen molar-refractivity contribution in [1.29, 1.82) is 0 Å². The van der Waals surface area contributed by atoms with Gasteiger partial charge >= 0.3 is 6.18 Å². The molecule has 11 rings (SSSR count). The molecule has 0 saturated heterocycles. The van der Waals surface area contributed by atoms with Crippen LogP contribution in [0.3, 0.4) is 0 Å². The van der Waals surface area contributed by atoms with Gasteiger partial charge in [0, 0.05) is 27.3 Å². The van der Waals surface area contributed by atoms with E-state index in [1.54, 1.807) is 45.2 Å². The molecular weight excluding hydrogens is 1190 g/mol. The van der Waals surface area contributed by atoms with Gasteiger partial charge in [0.25, 0.3) is 0 Å². The Hall–Kier alpha value is -8.39. The fraction of sp³-hybridized carbons (Fsp3) is 0.388. The van der Waals surface area contributed by atoms with Crippen molar-refractivity contribution in [3.05, 3.63) is 231 Å². The van der Waals surface area contributed by atoms with E-state index in [1.807, 2.05) is 117 Å². The van der Waals surface area contributed by atoms with E-state index in [0.29, 0.717) is 22.4 Å². The smallest absolute Gasteiger partial charge is 0.416 e. The Bertz CT molecular complexity index is 4010. The Morgan fingerprint density at radius 3 is 1.22 bits per heavy atom. The van der Waals surface area contributed by atoms with Crippen molar-refractivity contribution in [1.82, 2.24) is 30.6 Å². The first kappa shape index (κ1) is 76.3. The zero-order valence-corrected chi connectivity index (χ0v) is 59.5. The van der Waals surface area contributed by atoms with Crippen LogP contribution in [0.2, 0.25) is 0 Å². The van der Waals surface area contributed by atoms with Gasteiger partial charge < -0.3 is 10.2 Å². The van der Waals surface area contributed by atoms with Crippen LogP contribution in [0.4, 0.5) is 26.3 Å². The number of rotatable bonds is 0. The number of alkyl halides is 3. The highest BCUT2D eigenvalue weighted by Crippen LogP contribution is 2.39. The molecule has 0 fully saturated rings. The van der Waals surface area contributed by atoms with Crippen LogP contribution in [0.5, 0.6) is 11.5 Å². The molecule has 0 spiro atoms. The highest BCUT2D eigenvalue weighted by atomic mass is 19.4. The van der Waals surface area contributed by atoms with Gasteiger partial charge in [0.15, 0.2) is 0 Å². The second-order valence-corrected chi connectivity index (χ2v) is 31.1. The van der Waals surface area contributed by atoms with Crippen LogP contribution in [0.25, 0.3) is 43.5 Å². The molecule has 0 amide bonds. The molecule has 11 aromatic rings. The van der Waals surface area contributed by atoms with Gasteiger partial charge in [-0.05, 0) is 156 Å². The number of nitrogens with zero attached hydrogens (tertiary/aromatic N) is 3. The molecule has 504 valence electrons. The number of benzene rings is 8. The van der Waals surface area contributed by atoms with Crippen molar-refractivity contribution in [3.63, 3.8) is 0 Å². The molecule has 3 aromatic heterocycles. The molecule has 0 bridgehead atoms. The van der Waals surface area contributed by atoms with Crippen molar-refractivity contribution >= 4 is 43.5 Å². The van der Waals surface area contributed by atoms with Crippen molar-refractivity contribution in [2.75, 3.05) is 0 Å². The molecule has 8 aromatic carbocycles. The molecule has 14 heteroatoms. The fourth-order valence-corrected chi connectivity index (χ4v) is 11.6. The van der Waals surface area contributed by atoms with E-state index in [9.17, 15) is 36.6 Å². The minimum Gasteiger partial charge on any atom is -0.508 e. The molecule has 0 aliphatic carbocycles. The average molecular weight is 1290 g/mol. The summed E-state index contributed by atoms with van der Waals surface area (Å²) in [5, 5.41) is 45.8. The zero-order chi connectivity index (χ0) is 70.9. The Labute approximate surface area is 554 Å². The van der Waals surface area contributed by atoms with E-state index in [0.717, 1.165) is 33.4 Å². The predicted octanol–water partition coefficient (Wildman–Crippen LogP) is 23.1. The molecule has 5 N–H and O–H groups in total. The number of halogens is 6. The van der Waals surface area contributed by atoms with E-state index >= 15 is 0 Å². The maximum atomic E-state index is 13.6. The maximum absolute atomic E-state index is 13.6. The molecule has 3 heterocycles. The monoisotopic (exact) mass is 1290 g/mol. The third-order valence-corrected chi connectivity index (χ3v) is 15.6. The molecule has 0 atom stereocenters. The summed E-state index contributed by atoms with van der Waals surface area (Å²) in [6.07, 6.45) is 1.25. The third-order valence-electron chi connectivity index (χ3n) is 15.6. The quantitative estimate of drug-likeness (QED) is 0.0967. The first-order valence-electron chi connectivity index (χ1n) is 31.8. The van der Waals surface area contributed by atoms with Gasteiger partial charge in [0.1, 0.15) is 29.0 Å². The van der Waals surface area contributed by atoms with E-state index in [2.05, 4.69) is 137 Å². The van der Waals surface area contributed by atoms with Crippen LogP contribution < -0.4 is 0 Å². The lowest BCUT2D eigenvalue weighted by molar-refractivity contribution is -0.138. The molecule has 0 saturated carbocycles. The number of hydrogen-bond donors (Lipinski definition) is 5. The topological polar surface area (TPSA) is 126 Å². The number of hydrogen-bond acceptors (Lipinski definition) is 5. The fourth-order valence-electron chi connectivity index (χ4n) is 11.6. The summed E-state index contributed by atoms with van der Waals surface area (Å²) in [5.74, 6) is -0.252. The number of fused-ring (bicyclic) bond motifs is 4. The van der Waals surface area contributed by atoms with Gasteiger partial charge in [-0.1, -0.05) is 230 Å². The second kappa shape index (κ2) is 29.9. The van der Waals surface area contributed by atoms with Crippen molar-refractivity contribution in [3.8, 4) is 11.5 Å². The first-order chi connectivity index (χ1) is 43.1. The average Bonchev–Trinajstić information content (AvgIpc) is 1.46. The van der Waals surface area contributed by atoms with Gasteiger partial charge in [-0.2, -0.15) is 28.5 Å². The number of aromatic amines is 3. The summed E-state index contributed by atoms with van der Waals surface area (Å²) in [6, 6.07) is 40.6. The van der Waals surface area contributed by atoms with Crippen LogP contribution in [0, 0.1) is 31.3 Å². The van der Waals surface area contributed by atoms with Gasteiger partial charge in [0.05, 0.1) is 40.7 Å². The summed E-state index contributed by atoms with van der Waals surface area (Å²) < 4.78 is 77.7. The molecule has 0 radical (unpaired) electrons. The standard InChI is InChI=1S/C14H16O.2C12H16N2.C11H13F3.C11H13FN2.C10H13FO.C10H13F/c1-14(2,3)13-9-11(15)8-10-6-4-5-7-12(10)13;1-8-5-6-10-9(7-13-14-10)11(8)12(2,3)4;1-8-5-6-9-7-13-14-11(9)10(8)12(2,3)4;1-10(2,3)8-6-4-5-7-9(8)11(12,13)14;1-11(2,3)9-8(12)5-4-7-6-13-14-10(7)9;1-10(2,3)9-7(11)5-4-6-8(9)12;1-10(2,3)8-6-4-5-7-9(8)11/h4-9,15H,1-3H3;2*5-7H,1-4H3,(H,13,14);4-7H,1-3H3;4-6H,1-3H3,(H,13,14);4-6,12H,1-3H3;4-7H,1-3H3. The summed E-state index contributed by atoms with van der Waals surface area (Å²) in [5.41, 5.74) is 10.6. The molecule has 94 heavy (non-hydrogen) atoms. The van der Waals surface area contributed by atoms with Gasteiger partial charge in [0.2, 0.25) is 0 Å². The number of H-pyrrole nitrogens is 3. The Balaban J connectivity index is 0.000000199. The normalized spacial score (nSPS) is 12.2. The predicted molar refractivity (Wildman–Crippen MR) is 380 cm³/mol. The third kappa shape index (κ3) is 20.3. The first-order valence-corrected chi connectivity index (χ1v) is 31.8. The minimum absolute atomic E-state index is 0.0301. The Morgan fingerprint density at radius 1 is 0.330 bits per heavy atom. The maximum Gasteiger partial charge on any atom is 0.416 e. The Morgan fingerprint density at radius 2 is 0.755 bits per heavy atom. The van der Waals surface area contributed by atoms with Crippen molar-refractivity contribution in [2.24, 2.45) is 0 Å². The number of phenols is 2. The van der Waals surface area contributed by atoms with Crippen LogP contribution in [-0.4, -0.2) is 40.8 Å². The molecule has 0 unspecified atom stereocenters. The second-order valence-electron chi connectivity index (χ2n) is 31.1. The Kier molecular flexibility index (Phi) is 24.3. The van der Waals surface area contributed by atoms with Crippen LogP contribution in [0.1, 0.15) is 201 Å². The summed E-state index contributed by atoms with van der Waals surface area (Å²) in [4.78, 5) is 0. The van der Waals surface area contributed by atoms with Crippen LogP contribution in [-0.2, 0) is 44.1 Å². The van der Waals surface area contributed by atoms with E-state index < -0.39 is 17.2 Å². The number of aryl methyl sites for hydroxylation is 2. The van der Waals surface area contributed by atoms with Gasteiger partial charge in [-0.15, -0.1) is 0 Å². The lowest BCUT2D eigenvalue weighted by atomic mass is 9.82. The SMILES string of the molecule is CC(C)(C)c1c(F)ccc2cn[nH]c12.CC(C)(C)c1c(O)cccc1F.CC(C)(C)c1cc(O)cc2ccccc12.CC(C)(C)c1ccccc1C(F)(F)F.CC(C)(C)c1ccccc1F.Cc1ccc2[nH]ncc2c1C(C)(C)C.Cc1ccc2cn[nH]c2c1C(C)(C)C. The molecule has 8 nitrogen and oxygen atoms in total. The van der Waals surface area contributed by atoms with E-state index in [4.69, 9.17) is 0 Å². The number of aromatic nitrogens is 6. The summed E-state index contributed by atoms with van der Waals surface area (Å²) in [7, 11) is 0. The summed E-state index contributed by atoms with van der Waals surface area (Å²) in [6.45, 7) is 47.1. The lowest BCUT2D eigenvalue weighted by Gasteiger charge is -2.23. The number of phenolic OH excluding ortho intramolecular Hbond substituents is 2. The molecule has 0 aliphatic rings. The molecular formula is C80H100F6N6O2. The molecule has 0 aliphatic heterocycles. The lowest BCUT2D eigenvalue weighted by Crippen LogP contribution is -2.19. The highest BCUT2D eigenvalue weighted by molar-refractivity contribution is 5.88. The van der Waals surface area contributed by atoms with E-state index in [1.165, 1.54) is 92.0 Å². The largest absolute Gasteiger partial charge is 0.508 e.